The summed E-state index contributed by atoms with van der Waals surface area (Å²) in [5.74, 6) is 0.0655. The van der Waals surface area contributed by atoms with Crippen LogP contribution in [-0.2, 0) is 21.4 Å². The number of sulfonamides is 1. The fourth-order valence-electron chi connectivity index (χ4n) is 3.06. The molecule has 0 heterocycles. The molecule has 0 unspecified atom stereocenters. The first-order valence-electron chi connectivity index (χ1n) is 10.2. The number of carbonyl (C=O) groups is 1. The van der Waals surface area contributed by atoms with Crippen LogP contribution in [0.15, 0.2) is 82.8 Å². The number of rotatable bonds is 10. The Labute approximate surface area is 203 Å². The molecule has 10 heteroatoms. The van der Waals surface area contributed by atoms with Crippen LogP contribution in [0.2, 0.25) is 5.02 Å². The fraction of sp³-hybridized carbons (Fsp3) is 0.167. The molecule has 0 aliphatic carbocycles. The molecule has 0 spiro atoms. The molecule has 0 saturated carbocycles. The van der Waals surface area contributed by atoms with Gasteiger partial charge in [0.05, 0.1) is 31.9 Å². The number of halogens is 1. The Morgan fingerprint density at radius 3 is 2.32 bits per heavy atom. The summed E-state index contributed by atoms with van der Waals surface area (Å²) >= 11 is 5.86. The SMILES string of the molecule is COc1ccc(S(=O)(=O)N(CC(=O)N/N=C\c2ccc(Cl)cc2)Cc2ccccc2)cc1OC. The zero-order chi connectivity index (χ0) is 24.6. The van der Waals surface area contributed by atoms with E-state index in [-0.39, 0.29) is 17.2 Å². The van der Waals surface area contributed by atoms with Gasteiger partial charge in [0, 0.05) is 17.6 Å². The Morgan fingerprint density at radius 2 is 1.68 bits per heavy atom. The van der Waals surface area contributed by atoms with Crippen molar-refractivity contribution < 1.29 is 22.7 Å². The van der Waals surface area contributed by atoms with Crippen LogP contribution in [0.5, 0.6) is 11.5 Å². The summed E-state index contributed by atoms with van der Waals surface area (Å²) in [5.41, 5.74) is 3.82. The average Bonchev–Trinajstić information content (AvgIpc) is 2.85. The van der Waals surface area contributed by atoms with Crippen molar-refractivity contribution in [3.63, 3.8) is 0 Å². The van der Waals surface area contributed by atoms with Crippen molar-refractivity contribution in [2.75, 3.05) is 20.8 Å². The predicted octanol–water partition coefficient (Wildman–Crippen LogP) is 3.70. The zero-order valence-corrected chi connectivity index (χ0v) is 20.2. The molecule has 0 bridgehead atoms. The van der Waals surface area contributed by atoms with Gasteiger partial charge in [0.1, 0.15) is 0 Å². The van der Waals surface area contributed by atoms with Gasteiger partial charge in [-0.2, -0.15) is 9.41 Å². The third-order valence-corrected chi connectivity index (χ3v) is 6.83. The molecule has 1 amide bonds. The molecular formula is C24H24ClN3O5S. The normalized spacial score (nSPS) is 11.5. The van der Waals surface area contributed by atoms with Gasteiger partial charge >= 0.3 is 0 Å². The fourth-order valence-corrected chi connectivity index (χ4v) is 4.59. The average molecular weight is 502 g/mol. The summed E-state index contributed by atoms with van der Waals surface area (Å²) in [6.07, 6.45) is 1.44. The summed E-state index contributed by atoms with van der Waals surface area (Å²) < 4.78 is 38.4. The molecule has 0 aromatic heterocycles. The molecule has 3 aromatic carbocycles. The first-order chi connectivity index (χ1) is 16.3. The Hall–Kier alpha value is -3.40. The number of methoxy groups -OCH3 is 2. The highest BCUT2D eigenvalue weighted by Crippen LogP contribution is 2.31. The van der Waals surface area contributed by atoms with E-state index in [4.69, 9.17) is 21.1 Å². The Kier molecular flexibility index (Phi) is 8.64. The van der Waals surface area contributed by atoms with Crippen LogP contribution < -0.4 is 14.9 Å². The van der Waals surface area contributed by atoms with E-state index in [9.17, 15) is 13.2 Å². The maximum Gasteiger partial charge on any atom is 0.255 e. The second-order valence-electron chi connectivity index (χ2n) is 7.12. The van der Waals surface area contributed by atoms with E-state index in [1.807, 2.05) is 6.07 Å². The first kappa shape index (κ1) is 25.2. The van der Waals surface area contributed by atoms with Crippen molar-refractivity contribution >= 4 is 33.7 Å². The van der Waals surface area contributed by atoms with E-state index < -0.39 is 22.5 Å². The second kappa shape index (κ2) is 11.6. The minimum Gasteiger partial charge on any atom is -0.493 e. The summed E-state index contributed by atoms with van der Waals surface area (Å²) in [7, 11) is -1.18. The molecule has 0 aliphatic heterocycles. The number of hydrogen-bond donors (Lipinski definition) is 1. The lowest BCUT2D eigenvalue weighted by molar-refractivity contribution is -0.121. The Balaban J connectivity index is 1.83. The molecule has 0 atom stereocenters. The van der Waals surface area contributed by atoms with Gasteiger partial charge in [-0.1, -0.05) is 54.1 Å². The number of nitrogens with one attached hydrogen (secondary N) is 1. The van der Waals surface area contributed by atoms with Gasteiger partial charge in [-0.3, -0.25) is 4.79 Å². The molecule has 0 aliphatic rings. The van der Waals surface area contributed by atoms with Crippen LogP contribution >= 0.6 is 11.6 Å². The summed E-state index contributed by atoms with van der Waals surface area (Å²) in [5, 5.41) is 4.49. The number of hydrazone groups is 1. The minimum absolute atomic E-state index is 0.00810. The van der Waals surface area contributed by atoms with Gasteiger partial charge < -0.3 is 9.47 Å². The quantitative estimate of drug-likeness (QED) is 0.337. The molecule has 3 rings (SSSR count). The molecular weight excluding hydrogens is 478 g/mol. The summed E-state index contributed by atoms with van der Waals surface area (Å²) in [4.78, 5) is 12.6. The number of ether oxygens (including phenoxy) is 2. The van der Waals surface area contributed by atoms with Crippen molar-refractivity contribution in [3.05, 3.63) is 88.9 Å². The number of hydrogen-bond acceptors (Lipinski definition) is 6. The van der Waals surface area contributed by atoms with Crippen molar-refractivity contribution in [2.24, 2.45) is 5.10 Å². The third-order valence-electron chi connectivity index (χ3n) is 4.79. The van der Waals surface area contributed by atoms with Crippen LogP contribution in [-0.4, -0.2) is 45.6 Å². The number of benzene rings is 3. The van der Waals surface area contributed by atoms with Crippen LogP contribution in [0, 0.1) is 0 Å². The zero-order valence-electron chi connectivity index (χ0n) is 18.6. The first-order valence-corrected chi connectivity index (χ1v) is 12.0. The standard InChI is InChI=1S/C24H24ClN3O5S/c1-32-22-13-12-21(14-23(22)33-2)34(30,31)28(16-19-6-4-3-5-7-19)17-24(29)27-26-15-18-8-10-20(25)11-9-18/h3-15H,16-17H2,1-2H3,(H,27,29)/b26-15-. The third kappa shape index (κ3) is 6.57. The van der Waals surface area contributed by atoms with Crippen LogP contribution in [0.4, 0.5) is 0 Å². The summed E-state index contributed by atoms with van der Waals surface area (Å²) in [6.45, 7) is -0.449. The van der Waals surface area contributed by atoms with Crippen molar-refractivity contribution in [2.45, 2.75) is 11.4 Å². The summed E-state index contributed by atoms with van der Waals surface area (Å²) in [6, 6.07) is 20.1. The Bertz CT molecular complexity index is 1250. The van der Waals surface area contributed by atoms with Crippen LogP contribution in [0.25, 0.3) is 0 Å². The van der Waals surface area contributed by atoms with E-state index in [1.165, 1.54) is 38.6 Å². The van der Waals surface area contributed by atoms with Crippen molar-refractivity contribution in [1.82, 2.24) is 9.73 Å². The maximum absolute atomic E-state index is 13.5. The van der Waals surface area contributed by atoms with Gasteiger partial charge in [0.2, 0.25) is 10.0 Å². The topological polar surface area (TPSA) is 97.3 Å². The van der Waals surface area contributed by atoms with Crippen molar-refractivity contribution in [3.8, 4) is 11.5 Å². The lowest BCUT2D eigenvalue weighted by atomic mass is 10.2. The molecule has 8 nitrogen and oxygen atoms in total. The molecule has 34 heavy (non-hydrogen) atoms. The maximum atomic E-state index is 13.5. The number of amides is 1. The highest BCUT2D eigenvalue weighted by atomic mass is 35.5. The molecule has 3 aromatic rings. The lowest BCUT2D eigenvalue weighted by Gasteiger charge is -2.22. The molecule has 0 radical (unpaired) electrons. The van der Waals surface area contributed by atoms with Gasteiger partial charge in [0.25, 0.3) is 5.91 Å². The van der Waals surface area contributed by atoms with Crippen molar-refractivity contribution in [1.29, 1.82) is 0 Å². The van der Waals surface area contributed by atoms with E-state index in [1.54, 1.807) is 48.5 Å². The lowest BCUT2D eigenvalue weighted by Crippen LogP contribution is -2.39. The van der Waals surface area contributed by atoms with Gasteiger partial charge in [-0.25, -0.2) is 13.8 Å². The second-order valence-corrected chi connectivity index (χ2v) is 9.49. The highest BCUT2D eigenvalue weighted by molar-refractivity contribution is 7.89. The molecule has 1 N–H and O–H groups in total. The number of carbonyl (C=O) groups excluding carboxylic acids is 1. The van der Waals surface area contributed by atoms with Crippen LogP contribution in [0.1, 0.15) is 11.1 Å². The van der Waals surface area contributed by atoms with E-state index in [0.717, 1.165) is 15.4 Å². The van der Waals surface area contributed by atoms with Gasteiger partial charge in [-0.15, -0.1) is 0 Å². The van der Waals surface area contributed by atoms with E-state index in [0.29, 0.717) is 10.8 Å². The minimum atomic E-state index is -4.06. The van der Waals surface area contributed by atoms with E-state index >= 15 is 0 Å². The predicted molar refractivity (Wildman–Crippen MR) is 131 cm³/mol. The largest absolute Gasteiger partial charge is 0.493 e. The molecule has 0 fully saturated rings. The molecule has 178 valence electrons. The monoisotopic (exact) mass is 501 g/mol. The van der Waals surface area contributed by atoms with E-state index in [2.05, 4.69) is 10.5 Å². The van der Waals surface area contributed by atoms with Crippen LogP contribution in [0.3, 0.4) is 0 Å². The molecule has 0 saturated heterocycles. The number of nitrogens with zero attached hydrogens (tertiary/aromatic N) is 2. The van der Waals surface area contributed by atoms with Gasteiger partial charge in [0.15, 0.2) is 11.5 Å². The smallest absolute Gasteiger partial charge is 0.255 e. The highest BCUT2D eigenvalue weighted by Gasteiger charge is 2.28. The Morgan fingerprint density at radius 1 is 1.00 bits per heavy atom. The van der Waals surface area contributed by atoms with Gasteiger partial charge in [-0.05, 0) is 35.4 Å².